The van der Waals surface area contributed by atoms with Crippen molar-refractivity contribution in [1.29, 1.82) is 0 Å². The minimum atomic E-state index is 0.546. The molecule has 0 radical (unpaired) electrons. The first-order valence-electron chi connectivity index (χ1n) is 8.37. The second-order valence-electron chi connectivity index (χ2n) is 6.42. The Morgan fingerprint density at radius 3 is 2.76 bits per heavy atom. The summed E-state index contributed by atoms with van der Waals surface area (Å²) in [6, 6.07) is 10.00. The van der Waals surface area contributed by atoms with Gasteiger partial charge < -0.3 is 10.2 Å². The lowest BCUT2D eigenvalue weighted by atomic mass is 10.0. The van der Waals surface area contributed by atoms with Gasteiger partial charge in [0.2, 0.25) is 0 Å². The summed E-state index contributed by atoms with van der Waals surface area (Å²) in [7, 11) is 0. The second-order valence-corrected chi connectivity index (χ2v) is 7.34. The molecule has 118 valence electrons. The lowest BCUT2D eigenvalue weighted by Crippen LogP contribution is -2.39. The van der Waals surface area contributed by atoms with Crippen molar-refractivity contribution in [2.24, 2.45) is 0 Å². The lowest BCUT2D eigenvalue weighted by molar-refractivity contribution is 0.158. The number of likely N-dealkylation sites (tertiary alicyclic amines) is 1. The van der Waals surface area contributed by atoms with Crippen LogP contribution in [0.25, 0.3) is 0 Å². The van der Waals surface area contributed by atoms with E-state index in [4.69, 9.17) is 0 Å². The highest BCUT2D eigenvalue weighted by Crippen LogP contribution is 2.16. The molecule has 3 heteroatoms. The highest BCUT2D eigenvalue weighted by Gasteiger charge is 2.17. The zero-order chi connectivity index (χ0) is 15.1. The van der Waals surface area contributed by atoms with Gasteiger partial charge in [-0.1, -0.05) is 34.5 Å². The molecule has 1 aliphatic rings. The summed E-state index contributed by atoms with van der Waals surface area (Å²) in [6.07, 6.45) is 6.55. The van der Waals surface area contributed by atoms with Gasteiger partial charge in [-0.15, -0.1) is 0 Å². The third kappa shape index (κ3) is 6.09. The van der Waals surface area contributed by atoms with Crippen LogP contribution in [-0.2, 0) is 6.42 Å². The molecular formula is C18H29BrN2. The summed E-state index contributed by atoms with van der Waals surface area (Å²) in [5.41, 5.74) is 1.41. The fraction of sp³-hybridized carbons (Fsp3) is 0.667. The molecule has 0 amide bonds. The first-order valence-corrected chi connectivity index (χ1v) is 9.16. The van der Waals surface area contributed by atoms with E-state index in [2.05, 4.69) is 64.3 Å². The molecule has 1 aromatic carbocycles. The van der Waals surface area contributed by atoms with Crippen molar-refractivity contribution in [3.05, 3.63) is 34.3 Å². The van der Waals surface area contributed by atoms with Gasteiger partial charge in [-0.05, 0) is 76.9 Å². The van der Waals surface area contributed by atoms with Gasteiger partial charge in [-0.25, -0.2) is 0 Å². The second kappa shape index (κ2) is 8.92. The molecule has 0 bridgehead atoms. The number of rotatable bonds is 7. The summed E-state index contributed by atoms with van der Waals surface area (Å²) in [5, 5.41) is 3.66. The zero-order valence-electron chi connectivity index (χ0n) is 13.4. The lowest BCUT2D eigenvalue weighted by Gasteiger charge is -2.33. The quantitative estimate of drug-likeness (QED) is 0.738. The summed E-state index contributed by atoms with van der Waals surface area (Å²) in [6.45, 7) is 8.34. The Morgan fingerprint density at radius 1 is 1.29 bits per heavy atom. The molecule has 1 fully saturated rings. The number of nitrogens with one attached hydrogen (secondary N) is 1. The Balaban J connectivity index is 1.60. The summed E-state index contributed by atoms with van der Waals surface area (Å²) in [4.78, 5) is 2.66. The number of halogens is 1. The number of benzene rings is 1. The monoisotopic (exact) mass is 352 g/mol. The average molecular weight is 353 g/mol. The van der Waals surface area contributed by atoms with Crippen molar-refractivity contribution in [3.8, 4) is 0 Å². The van der Waals surface area contributed by atoms with E-state index >= 15 is 0 Å². The van der Waals surface area contributed by atoms with Crippen LogP contribution >= 0.6 is 15.9 Å². The van der Waals surface area contributed by atoms with E-state index in [-0.39, 0.29) is 0 Å². The fourth-order valence-corrected chi connectivity index (χ4v) is 3.43. The molecule has 1 saturated heterocycles. The number of hydrogen-bond acceptors (Lipinski definition) is 2. The first kappa shape index (κ1) is 17.0. The highest BCUT2D eigenvalue weighted by molar-refractivity contribution is 9.10. The van der Waals surface area contributed by atoms with Crippen molar-refractivity contribution < 1.29 is 0 Å². The topological polar surface area (TPSA) is 15.3 Å². The van der Waals surface area contributed by atoms with Gasteiger partial charge in [0, 0.05) is 16.6 Å². The van der Waals surface area contributed by atoms with Crippen LogP contribution in [0.5, 0.6) is 0 Å². The smallest absolute Gasteiger partial charge is 0.0175 e. The molecular weight excluding hydrogens is 324 g/mol. The molecule has 0 aromatic heterocycles. The van der Waals surface area contributed by atoms with Gasteiger partial charge >= 0.3 is 0 Å². The molecule has 0 spiro atoms. The van der Waals surface area contributed by atoms with Crippen LogP contribution < -0.4 is 5.32 Å². The van der Waals surface area contributed by atoms with Crippen LogP contribution in [0.2, 0.25) is 0 Å². The van der Waals surface area contributed by atoms with Crippen LogP contribution in [0.3, 0.4) is 0 Å². The van der Waals surface area contributed by atoms with Gasteiger partial charge in [0.05, 0.1) is 0 Å². The molecule has 1 N–H and O–H groups in total. The number of piperidine rings is 1. The van der Waals surface area contributed by atoms with E-state index in [0.717, 1.165) is 23.5 Å². The normalized spacial score (nSPS) is 21.4. The maximum atomic E-state index is 3.66. The molecule has 2 unspecified atom stereocenters. The standard InChI is InChI=1S/C18H29BrN2/c1-15(14-17-7-9-18(19)10-8-17)20-11-5-13-21-12-4-3-6-16(21)2/h7-10,15-16,20H,3-6,11-14H2,1-2H3. The van der Waals surface area contributed by atoms with Crippen molar-refractivity contribution in [2.75, 3.05) is 19.6 Å². The maximum Gasteiger partial charge on any atom is 0.0175 e. The predicted octanol–water partition coefficient (Wildman–Crippen LogP) is 4.23. The first-order chi connectivity index (χ1) is 10.1. The summed E-state index contributed by atoms with van der Waals surface area (Å²) in [5.74, 6) is 0. The third-order valence-corrected chi connectivity index (χ3v) is 5.04. The van der Waals surface area contributed by atoms with Crippen molar-refractivity contribution in [3.63, 3.8) is 0 Å². The summed E-state index contributed by atoms with van der Waals surface area (Å²) >= 11 is 3.49. The van der Waals surface area contributed by atoms with Crippen LogP contribution in [0.4, 0.5) is 0 Å². The van der Waals surface area contributed by atoms with Gasteiger partial charge in [-0.3, -0.25) is 0 Å². The van der Waals surface area contributed by atoms with Gasteiger partial charge in [-0.2, -0.15) is 0 Å². The highest BCUT2D eigenvalue weighted by atomic mass is 79.9. The van der Waals surface area contributed by atoms with Crippen LogP contribution in [0, 0.1) is 0 Å². The molecule has 2 atom stereocenters. The molecule has 2 rings (SSSR count). The minimum absolute atomic E-state index is 0.546. The number of nitrogens with zero attached hydrogens (tertiary/aromatic N) is 1. The third-order valence-electron chi connectivity index (χ3n) is 4.51. The molecule has 1 aromatic rings. The Labute approximate surface area is 138 Å². The van der Waals surface area contributed by atoms with E-state index in [1.165, 1.54) is 44.3 Å². The molecule has 2 nitrogen and oxygen atoms in total. The fourth-order valence-electron chi connectivity index (χ4n) is 3.17. The Morgan fingerprint density at radius 2 is 2.05 bits per heavy atom. The van der Waals surface area contributed by atoms with Gasteiger partial charge in [0.25, 0.3) is 0 Å². The van der Waals surface area contributed by atoms with Crippen molar-refractivity contribution in [1.82, 2.24) is 10.2 Å². The van der Waals surface area contributed by atoms with E-state index in [0.29, 0.717) is 6.04 Å². The van der Waals surface area contributed by atoms with E-state index in [9.17, 15) is 0 Å². The minimum Gasteiger partial charge on any atom is -0.314 e. The molecule has 0 aliphatic carbocycles. The van der Waals surface area contributed by atoms with Gasteiger partial charge in [0.15, 0.2) is 0 Å². The van der Waals surface area contributed by atoms with Crippen LogP contribution in [0.1, 0.15) is 45.1 Å². The van der Waals surface area contributed by atoms with E-state index < -0.39 is 0 Å². The molecule has 21 heavy (non-hydrogen) atoms. The Kier molecular flexibility index (Phi) is 7.21. The number of hydrogen-bond donors (Lipinski definition) is 1. The largest absolute Gasteiger partial charge is 0.314 e. The summed E-state index contributed by atoms with van der Waals surface area (Å²) < 4.78 is 1.16. The molecule has 0 saturated carbocycles. The Hall–Kier alpha value is -0.380. The van der Waals surface area contributed by atoms with E-state index in [1.807, 2.05) is 0 Å². The SMILES string of the molecule is CC(Cc1ccc(Br)cc1)NCCCN1CCCCC1C. The van der Waals surface area contributed by atoms with Crippen molar-refractivity contribution in [2.45, 2.75) is 58.0 Å². The zero-order valence-corrected chi connectivity index (χ0v) is 15.0. The van der Waals surface area contributed by atoms with Crippen molar-refractivity contribution >= 4 is 15.9 Å². The van der Waals surface area contributed by atoms with E-state index in [1.54, 1.807) is 0 Å². The molecule has 1 heterocycles. The van der Waals surface area contributed by atoms with Crippen LogP contribution in [0.15, 0.2) is 28.7 Å². The predicted molar refractivity (Wildman–Crippen MR) is 94.8 cm³/mol. The van der Waals surface area contributed by atoms with Gasteiger partial charge in [0.1, 0.15) is 0 Å². The van der Waals surface area contributed by atoms with Crippen LogP contribution in [-0.4, -0.2) is 36.6 Å². The molecule has 1 aliphatic heterocycles. The Bertz CT molecular complexity index is 404. The average Bonchev–Trinajstić information content (AvgIpc) is 2.48. The maximum absolute atomic E-state index is 3.66.